The lowest BCUT2D eigenvalue weighted by Crippen LogP contribution is -2.32. The molecule has 1 amide bonds. The van der Waals surface area contributed by atoms with E-state index in [1.165, 1.54) is 32.1 Å². The van der Waals surface area contributed by atoms with Crippen molar-refractivity contribution in [3.8, 4) is 0 Å². The van der Waals surface area contributed by atoms with Crippen LogP contribution in [0.1, 0.15) is 55.1 Å². The van der Waals surface area contributed by atoms with Gasteiger partial charge in [-0.1, -0.05) is 0 Å². The molecular formula is C15H23N3O. The average Bonchev–Trinajstić information content (AvgIpc) is 2.97. The Morgan fingerprint density at radius 2 is 2.26 bits per heavy atom. The summed E-state index contributed by atoms with van der Waals surface area (Å²) < 4.78 is 2.15. The molecule has 0 radical (unpaired) electrons. The standard InChI is InChI=1S/C15H23N3O/c19-15(17-10-8-12-4-2-9-16-12)14-7-3-11-18(14)13-5-1-6-13/h3,7,11-13,16H,1-2,4-6,8-10H2,(H,17,19)/t12-/m1/s1. The first-order valence-electron chi connectivity index (χ1n) is 7.53. The molecule has 3 rings (SSSR count). The third-order valence-corrected chi connectivity index (χ3v) is 4.42. The highest BCUT2D eigenvalue weighted by molar-refractivity contribution is 5.92. The Morgan fingerprint density at radius 3 is 2.95 bits per heavy atom. The molecule has 0 unspecified atom stereocenters. The summed E-state index contributed by atoms with van der Waals surface area (Å²) in [5, 5.41) is 6.51. The van der Waals surface area contributed by atoms with Crippen molar-refractivity contribution in [2.24, 2.45) is 0 Å². The normalized spacial score (nSPS) is 23.3. The number of carbonyl (C=O) groups is 1. The molecule has 1 saturated heterocycles. The molecule has 0 bridgehead atoms. The first kappa shape index (κ1) is 12.7. The van der Waals surface area contributed by atoms with Gasteiger partial charge in [-0.2, -0.15) is 0 Å². The van der Waals surface area contributed by atoms with Gasteiger partial charge in [-0.3, -0.25) is 4.79 Å². The molecule has 19 heavy (non-hydrogen) atoms. The van der Waals surface area contributed by atoms with Crippen molar-refractivity contribution in [1.29, 1.82) is 0 Å². The highest BCUT2D eigenvalue weighted by Crippen LogP contribution is 2.32. The van der Waals surface area contributed by atoms with Gasteiger partial charge in [-0.25, -0.2) is 0 Å². The summed E-state index contributed by atoms with van der Waals surface area (Å²) in [6.07, 6.45) is 9.30. The van der Waals surface area contributed by atoms with Crippen molar-refractivity contribution in [2.75, 3.05) is 13.1 Å². The fraction of sp³-hybridized carbons (Fsp3) is 0.667. The predicted octanol–water partition coefficient (Wildman–Crippen LogP) is 2.08. The minimum Gasteiger partial charge on any atom is -0.351 e. The van der Waals surface area contributed by atoms with Crippen LogP contribution < -0.4 is 10.6 Å². The van der Waals surface area contributed by atoms with Gasteiger partial charge >= 0.3 is 0 Å². The average molecular weight is 261 g/mol. The molecule has 1 aromatic rings. The van der Waals surface area contributed by atoms with E-state index in [0.29, 0.717) is 12.1 Å². The van der Waals surface area contributed by atoms with Crippen LogP contribution >= 0.6 is 0 Å². The van der Waals surface area contributed by atoms with Gasteiger partial charge in [0.2, 0.25) is 0 Å². The zero-order chi connectivity index (χ0) is 13.1. The Kier molecular flexibility index (Phi) is 3.87. The van der Waals surface area contributed by atoms with Crippen LogP contribution in [0.15, 0.2) is 18.3 Å². The lowest BCUT2D eigenvalue weighted by atomic mass is 9.93. The Bertz CT molecular complexity index is 430. The fourth-order valence-electron chi connectivity index (χ4n) is 3.02. The zero-order valence-electron chi connectivity index (χ0n) is 11.4. The van der Waals surface area contributed by atoms with Crippen LogP contribution in [0, 0.1) is 0 Å². The minimum atomic E-state index is 0.0786. The van der Waals surface area contributed by atoms with Crippen LogP contribution in [0.4, 0.5) is 0 Å². The Labute approximate surface area is 114 Å². The summed E-state index contributed by atoms with van der Waals surface area (Å²) in [4.78, 5) is 12.2. The second kappa shape index (κ2) is 5.78. The van der Waals surface area contributed by atoms with Gasteiger partial charge in [0.05, 0.1) is 0 Å². The molecule has 0 aromatic carbocycles. The van der Waals surface area contributed by atoms with Gasteiger partial charge in [0.15, 0.2) is 0 Å². The van der Waals surface area contributed by atoms with Gasteiger partial charge in [0.1, 0.15) is 5.69 Å². The maximum absolute atomic E-state index is 12.2. The smallest absolute Gasteiger partial charge is 0.267 e. The molecule has 1 aliphatic heterocycles. The highest BCUT2D eigenvalue weighted by Gasteiger charge is 2.23. The molecule has 2 heterocycles. The van der Waals surface area contributed by atoms with E-state index in [1.807, 2.05) is 18.3 Å². The van der Waals surface area contributed by atoms with E-state index in [4.69, 9.17) is 0 Å². The van der Waals surface area contributed by atoms with Crippen LogP contribution in [0.3, 0.4) is 0 Å². The largest absolute Gasteiger partial charge is 0.351 e. The van der Waals surface area contributed by atoms with Crippen molar-refractivity contribution >= 4 is 5.91 Å². The van der Waals surface area contributed by atoms with E-state index in [9.17, 15) is 4.79 Å². The number of amides is 1. The van der Waals surface area contributed by atoms with Crippen molar-refractivity contribution in [2.45, 2.75) is 50.6 Å². The maximum Gasteiger partial charge on any atom is 0.267 e. The molecule has 1 atom stereocenters. The number of carbonyl (C=O) groups excluding carboxylic acids is 1. The lowest BCUT2D eigenvalue weighted by Gasteiger charge is -2.28. The summed E-state index contributed by atoms with van der Waals surface area (Å²) in [6.45, 7) is 1.90. The maximum atomic E-state index is 12.2. The summed E-state index contributed by atoms with van der Waals surface area (Å²) in [7, 11) is 0. The lowest BCUT2D eigenvalue weighted by molar-refractivity contribution is 0.0937. The molecule has 1 aromatic heterocycles. The number of aromatic nitrogens is 1. The number of hydrogen-bond donors (Lipinski definition) is 2. The van der Waals surface area contributed by atoms with Crippen LogP contribution in [0.2, 0.25) is 0 Å². The first-order valence-corrected chi connectivity index (χ1v) is 7.53. The molecule has 104 valence electrons. The van der Waals surface area contributed by atoms with Crippen LogP contribution in [0.25, 0.3) is 0 Å². The third kappa shape index (κ3) is 2.84. The highest BCUT2D eigenvalue weighted by atomic mass is 16.1. The van der Waals surface area contributed by atoms with Crippen molar-refractivity contribution in [3.05, 3.63) is 24.0 Å². The fourth-order valence-corrected chi connectivity index (χ4v) is 3.02. The monoisotopic (exact) mass is 261 g/mol. The van der Waals surface area contributed by atoms with E-state index in [0.717, 1.165) is 25.2 Å². The number of hydrogen-bond acceptors (Lipinski definition) is 2. The Hall–Kier alpha value is -1.29. The van der Waals surface area contributed by atoms with Crippen LogP contribution in [0.5, 0.6) is 0 Å². The Morgan fingerprint density at radius 1 is 1.37 bits per heavy atom. The first-order chi connectivity index (χ1) is 9.34. The molecule has 1 aliphatic carbocycles. The van der Waals surface area contributed by atoms with Crippen molar-refractivity contribution in [3.63, 3.8) is 0 Å². The quantitative estimate of drug-likeness (QED) is 0.852. The second-order valence-electron chi connectivity index (χ2n) is 5.72. The molecule has 4 nitrogen and oxygen atoms in total. The number of nitrogens with one attached hydrogen (secondary N) is 2. The van der Waals surface area contributed by atoms with Crippen LogP contribution in [-0.2, 0) is 0 Å². The van der Waals surface area contributed by atoms with E-state index in [1.54, 1.807) is 0 Å². The molecule has 1 saturated carbocycles. The molecule has 2 aliphatic rings. The molecule has 0 spiro atoms. The van der Waals surface area contributed by atoms with Gasteiger partial charge in [0.25, 0.3) is 5.91 Å². The molecule has 2 N–H and O–H groups in total. The van der Waals surface area contributed by atoms with Crippen LogP contribution in [-0.4, -0.2) is 29.6 Å². The van der Waals surface area contributed by atoms with Gasteiger partial charge in [0, 0.05) is 24.8 Å². The second-order valence-corrected chi connectivity index (χ2v) is 5.72. The number of nitrogens with zero attached hydrogens (tertiary/aromatic N) is 1. The topological polar surface area (TPSA) is 46.1 Å². The van der Waals surface area contributed by atoms with E-state index in [-0.39, 0.29) is 5.91 Å². The summed E-state index contributed by atoms with van der Waals surface area (Å²) in [5.41, 5.74) is 0.823. The van der Waals surface area contributed by atoms with Crippen molar-refractivity contribution < 1.29 is 4.79 Å². The molecule has 2 fully saturated rings. The summed E-state index contributed by atoms with van der Waals surface area (Å²) in [5.74, 6) is 0.0786. The van der Waals surface area contributed by atoms with E-state index >= 15 is 0 Å². The Balaban J connectivity index is 1.50. The van der Waals surface area contributed by atoms with Crippen molar-refractivity contribution in [1.82, 2.24) is 15.2 Å². The molecular weight excluding hydrogens is 238 g/mol. The van der Waals surface area contributed by atoms with Gasteiger partial charge in [-0.05, 0) is 57.2 Å². The van der Waals surface area contributed by atoms with E-state index < -0.39 is 0 Å². The third-order valence-electron chi connectivity index (χ3n) is 4.42. The SMILES string of the molecule is O=C(NCC[C@H]1CCCN1)c1cccn1C1CCC1. The molecule has 4 heteroatoms. The summed E-state index contributed by atoms with van der Waals surface area (Å²) >= 11 is 0. The predicted molar refractivity (Wildman–Crippen MR) is 75.3 cm³/mol. The zero-order valence-corrected chi connectivity index (χ0v) is 11.4. The van der Waals surface area contributed by atoms with Gasteiger partial charge < -0.3 is 15.2 Å². The van der Waals surface area contributed by atoms with Gasteiger partial charge in [-0.15, -0.1) is 0 Å². The minimum absolute atomic E-state index is 0.0786. The number of rotatable bonds is 5. The van der Waals surface area contributed by atoms with E-state index in [2.05, 4.69) is 15.2 Å². The summed E-state index contributed by atoms with van der Waals surface area (Å²) in [6, 6.07) is 5.05.